The molecule has 0 amide bonds. The van der Waals surface area contributed by atoms with Gasteiger partial charge in [0.25, 0.3) is 0 Å². The van der Waals surface area contributed by atoms with Crippen molar-refractivity contribution in [3.8, 4) is 0 Å². The second kappa shape index (κ2) is 3.34. The molecular weight excluding hydrogens is 206 g/mol. The van der Waals surface area contributed by atoms with E-state index in [4.69, 9.17) is 0 Å². The first-order valence-electron chi connectivity index (χ1n) is 5.45. The average molecular weight is 219 g/mol. The Morgan fingerprint density at radius 1 is 1.40 bits per heavy atom. The Bertz CT molecular complexity index is 382. The van der Waals surface area contributed by atoms with E-state index in [9.17, 15) is 4.79 Å². The van der Waals surface area contributed by atoms with Crippen LogP contribution in [0.2, 0.25) is 0 Å². The zero-order chi connectivity index (χ0) is 10.3. The summed E-state index contributed by atoms with van der Waals surface area (Å²) in [7, 11) is 0. The van der Waals surface area contributed by atoms with E-state index in [1.54, 1.807) is 6.20 Å². The van der Waals surface area contributed by atoms with Gasteiger partial charge in [-0.05, 0) is 55.5 Å². The lowest BCUT2D eigenvalue weighted by Gasteiger charge is -2.10. The minimum atomic E-state index is 0.0577. The van der Waals surface area contributed by atoms with Gasteiger partial charge >= 0.3 is 0 Å². The first-order chi connectivity index (χ1) is 7.31. The van der Waals surface area contributed by atoms with Gasteiger partial charge in [-0.3, -0.25) is 4.79 Å². The molecule has 2 aliphatic carbocycles. The third-order valence-corrected chi connectivity index (χ3v) is 4.43. The van der Waals surface area contributed by atoms with Crippen LogP contribution in [0.5, 0.6) is 0 Å². The fraction of sp³-hybridized carbons (Fsp3) is 0.500. The molecule has 0 aliphatic heterocycles. The van der Waals surface area contributed by atoms with Gasteiger partial charge in [0.1, 0.15) is 5.03 Å². The van der Waals surface area contributed by atoms with E-state index < -0.39 is 0 Å². The molecule has 2 fully saturated rings. The summed E-state index contributed by atoms with van der Waals surface area (Å²) in [5, 5.41) is 1.19. The van der Waals surface area contributed by atoms with Gasteiger partial charge in [-0.25, -0.2) is 4.98 Å². The standard InChI is InChI=1S/C12H13NOS/c14-11(12(6-7-12)9-4-5-9)15-10-3-1-2-8-13-10/h1-3,8-9H,4-7H2. The molecule has 0 spiro atoms. The largest absolute Gasteiger partial charge is 0.286 e. The van der Waals surface area contributed by atoms with E-state index >= 15 is 0 Å². The molecule has 0 radical (unpaired) electrons. The highest BCUT2D eigenvalue weighted by Crippen LogP contribution is 2.63. The predicted molar refractivity (Wildman–Crippen MR) is 59.5 cm³/mol. The number of rotatable bonds is 3. The van der Waals surface area contributed by atoms with Crippen LogP contribution in [0.1, 0.15) is 25.7 Å². The van der Waals surface area contributed by atoms with Crippen molar-refractivity contribution in [1.29, 1.82) is 0 Å². The lowest BCUT2D eigenvalue weighted by molar-refractivity contribution is -0.116. The first kappa shape index (κ1) is 9.40. The van der Waals surface area contributed by atoms with E-state index in [1.807, 2.05) is 18.2 Å². The van der Waals surface area contributed by atoms with Crippen molar-refractivity contribution in [3.63, 3.8) is 0 Å². The maximum Gasteiger partial charge on any atom is 0.201 e. The van der Waals surface area contributed by atoms with Gasteiger partial charge < -0.3 is 0 Å². The first-order valence-corrected chi connectivity index (χ1v) is 6.26. The van der Waals surface area contributed by atoms with E-state index in [1.165, 1.54) is 24.6 Å². The van der Waals surface area contributed by atoms with Crippen molar-refractivity contribution >= 4 is 16.9 Å². The number of hydrogen-bond donors (Lipinski definition) is 0. The van der Waals surface area contributed by atoms with Gasteiger partial charge in [0.05, 0.1) is 0 Å². The smallest absolute Gasteiger partial charge is 0.201 e. The van der Waals surface area contributed by atoms with Crippen LogP contribution in [0.15, 0.2) is 29.4 Å². The van der Waals surface area contributed by atoms with Crippen molar-refractivity contribution in [2.45, 2.75) is 30.7 Å². The number of nitrogens with zero attached hydrogens (tertiary/aromatic N) is 1. The number of thioether (sulfide) groups is 1. The van der Waals surface area contributed by atoms with Crippen molar-refractivity contribution in [1.82, 2.24) is 4.98 Å². The molecule has 0 aromatic carbocycles. The fourth-order valence-electron chi connectivity index (χ4n) is 2.15. The van der Waals surface area contributed by atoms with E-state index in [2.05, 4.69) is 4.98 Å². The van der Waals surface area contributed by atoms with Crippen LogP contribution < -0.4 is 0 Å². The molecule has 0 unspecified atom stereocenters. The number of carbonyl (C=O) groups is 1. The molecule has 0 saturated heterocycles. The molecule has 1 aromatic heterocycles. The van der Waals surface area contributed by atoms with Crippen LogP contribution >= 0.6 is 11.8 Å². The molecule has 3 rings (SSSR count). The monoisotopic (exact) mass is 219 g/mol. The van der Waals surface area contributed by atoms with Gasteiger partial charge in [0.15, 0.2) is 0 Å². The van der Waals surface area contributed by atoms with Crippen LogP contribution in [0.4, 0.5) is 0 Å². The normalized spacial score (nSPS) is 22.4. The number of aromatic nitrogens is 1. The average Bonchev–Trinajstić information content (AvgIpc) is 3.11. The topological polar surface area (TPSA) is 30.0 Å². The Hall–Kier alpha value is -0.830. The summed E-state index contributed by atoms with van der Waals surface area (Å²) in [5.74, 6) is 0.696. The van der Waals surface area contributed by atoms with Gasteiger partial charge in [-0.1, -0.05) is 6.07 Å². The van der Waals surface area contributed by atoms with Crippen LogP contribution in [0.25, 0.3) is 0 Å². The number of hydrogen-bond acceptors (Lipinski definition) is 3. The molecule has 3 heteroatoms. The maximum atomic E-state index is 12.1. The number of pyridine rings is 1. The van der Waals surface area contributed by atoms with Crippen molar-refractivity contribution in [3.05, 3.63) is 24.4 Å². The highest BCUT2D eigenvalue weighted by molar-refractivity contribution is 8.13. The molecule has 0 N–H and O–H groups in total. The zero-order valence-corrected chi connectivity index (χ0v) is 9.30. The van der Waals surface area contributed by atoms with Gasteiger partial charge in [0, 0.05) is 11.6 Å². The van der Waals surface area contributed by atoms with Crippen molar-refractivity contribution in [2.75, 3.05) is 0 Å². The predicted octanol–water partition coefficient (Wildman–Crippen LogP) is 2.89. The second-order valence-corrected chi connectivity index (χ2v) is 5.48. The van der Waals surface area contributed by atoms with E-state index in [0.29, 0.717) is 11.0 Å². The van der Waals surface area contributed by atoms with Crippen LogP contribution in [-0.2, 0) is 4.79 Å². The summed E-state index contributed by atoms with van der Waals surface area (Å²) < 4.78 is 0. The Kier molecular flexibility index (Phi) is 2.09. The summed E-state index contributed by atoms with van der Waals surface area (Å²) in [6, 6.07) is 5.72. The Balaban J connectivity index is 1.71. The third kappa shape index (κ3) is 1.69. The molecule has 78 valence electrons. The van der Waals surface area contributed by atoms with Crippen molar-refractivity contribution < 1.29 is 4.79 Å². The molecule has 0 atom stereocenters. The minimum absolute atomic E-state index is 0.0577. The summed E-state index contributed by atoms with van der Waals surface area (Å²) in [4.78, 5) is 16.3. The summed E-state index contributed by atoms with van der Waals surface area (Å²) in [6.45, 7) is 0. The summed E-state index contributed by atoms with van der Waals surface area (Å²) in [5.41, 5.74) is 0.0577. The molecule has 2 saturated carbocycles. The minimum Gasteiger partial charge on any atom is -0.286 e. The number of carbonyl (C=O) groups excluding carboxylic acids is 1. The summed E-state index contributed by atoms with van der Waals surface area (Å²) >= 11 is 1.33. The Morgan fingerprint density at radius 2 is 2.20 bits per heavy atom. The molecule has 2 aliphatic rings. The lowest BCUT2D eigenvalue weighted by Crippen LogP contribution is -2.14. The van der Waals surface area contributed by atoms with Gasteiger partial charge in [-0.15, -0.1) is 0 Å². The SMILES string of the molecule is O=C(Sc1ccccn1)C1(C2CC2)CC1. The lowest BCUT2D eigenvalue weighted by atomic mass is 10.0. The molecule has 2 nitrogen and oxygen atoms in total. The Labute approximate surface area is 93.5 Å². The molecular formula is C12H13NOS. The molecule has 0 bridgehead atoms. The van der Waals surface area contributed by atoms with Crippen LogP contribution in [0, 0.1) is 11.3 Å². The summed E-state index contributed by atoms with van der Waals surface area (Å²) in [6.07, 6.45) is 6.47. The molecule has 1 aromatic rings. The van der Waals surface area contributed by atoms with Crippen molar-refractivity contribution in [2.24, 2.45) is 11.3 Å². The zero-order valence-electron chi connectivity index (χ0n) is 8.48. The van der Waals surface area contributed by atoms with Gasteiger partial charge in [-0.2, -0.15) is 0 Å². The molecule has 1 heterocycles. The second-order valence-electron chi connectivity index (χ2n) is 4.49. The quantitative estimate of drug-likeness (QED) is 0.732. The maximum absolute atomic E-state index is 12.1. The highest BCUT2D eigenvalue weighted by atomic mass is 32.2. The third-order valence-electron chi connectivity index (χ3n) is 3.39. The Morgan fingerprint density at radius 3 is 2.73 bits per heavy atom. The highest BCUT2D eigenvalue weighted by Gasteiger charge is 2.59. The van der Waals surface area contributed by atoms with Gasteiger partial charge in [0.2, 0.25) is 5.12 Å². The molecule has 15 heavy (non-hydrogen) atoms. The van der Waals surface area contributed by atoms with Crippen LogP contribution in [0.3, 0.4) is 0 Å². The fourth-order valence-corrected chi connectivity index (χ4v) is 3.18. The van der Waals surface area contributed by atoms with E-state index in [-0.39, 0.29) is 5.41 Å². The van der Waals surface area contributed by atoms with Crippen LogP contribution in [-0.4, -0.2) is 10.1 Å². The van der Waals surface area contributed by atoms with E-state index in [0.717, 1.165) is 17.9 Å².